The highest BCUT2D eigenvalue weighted by atomic mass is 16.5. The van der Waals surface area contributed by atoms with Crippen LogP contribution in [-0.2, 0) is 26.4 Å². The van der Waals surface area contributed by atoms with E-state index < -0.39 is 5.60 Å². The Hall–Kier alpha value is -1.24. The second kappa shape index (κ2) is 7.68. The summed E-state index contributed by atoms with van der Waals surface area (Å²) in [6, 6.07) is 1.94. The van der Waals surface area contributed by atoms with Gasteiger partial charge in [0.1, 0.15) is 11.4 Å². The van der Waals surface area contributed by atoms with Gasteiger partial charge in [-0.15, -0.1) is 0 Å². The van der Waals surface area contributed by atoms with E-state index in [-0.39, 0.29) is 0 Å². The molecule has 1 aromatic rings. The van der Waals surface area contributed by atoms with Crippen molar-refractivity contribution in [3.8, 4) is 0 Å². The molecule has 118 valence electrons. The average Bonchev–Trinajstić information content (AvgIpc) is 2.53. The molecular weight excluding hydrogens is 270 g/mol. The lowest BCUT2D eigenvalue weighted by Gasteiger charge is -2.34. The van der Waals surface area contributed by atoms with Gasteiger partial charge in [0.15, 0.2) is 5.82 Å². The summed E-state index contributed by atoms with van der Waals surface area (Å²) < 4.78 is 16.4. The third kappa shape index (κ3) is 3.90. The highest BCUT2D eigenvalue weighted by Gasteiger charge is 2.37. The monoisotopic (exact) mass is 295 g/mol. The second-order valence-corrected chi connectivity index (χ2v) is 5.24. The topological polar surface area (TPSA) is 65.5 Å². The second-order valence-electron chi connectivity index (χ2n) is 5.24. The molecular formula is C15H25N3O3. The van der Waals surface area contributed by atoms with E-state index in [0.29, 0.717) is 19.8 Å². The predicted molar refractivity (Wildman–Crippen MR) is 80.3 cm³/mol. The molecule has 0 bridgehead atoms. The molecule has 6 heteroatoms. The van der Waals surface area contributed by atoms with Gasteiger partial charge >= 0.3 is 0 Å². The molecule has 1 fully saturated rings. The van der Waals surface area contributed by atoms with Crippen LogP contribution in [0, 0.1) is 0 Å². The van der Waals surface area contributed by atoms with Crippen LogP contribution in [0.25, 0.3) is 0 Å². The quantitative estimate of drug-likeness (QED) is 0.831. The van der Waals surface area contributed by atoms with Crippen LogP contribution in [0.4, 0.5) is 5.82 Å². The van der Waals surface area contributed by atoms with Crippen LogP contribution in [0.3, 0.4) is 0 Å². The Morgan fingerprint density at radius 2 is 2.05 bits per heavy atom. The molecule has 6 nitrogen and oxygen atoms in total. The number of anilines is 1. The minimum absolute atomic E-state index is 0.454. The number of hydrogen-bond donors (Lipinski definition) is 1. The minimum Gasteiger partial charge on any atom is -0.381 e. The molecule has 2 rings (SSSR count). The van der Waals surface area contributed by atoms with Crippen LogP contribution >= 0.6 is 0 Å². The number of nitrogens with zero attached hydrogens (tertiary/aromatic N) is 2. The van der Waals surface area contributed by atoms with E-state index in [1.54, 1.807) is 14.2 Å². The summed E-state index contributed by atoms with van der Waals surface area (Å²) in [4.78, 5) is 9.30. The van der Waals surface area contributed by atoms with Gasteiger partial charge in [0.2, 0.25) is 0 Å². The molecule has 1 aromatic heterocycles. The van der Waals surface area contributed by atoms with Gasteiger partial charge in [0.05, 0.1) is 12.3 Å². The van der Waals surface area contributed by atoms with Gasteiger partial charge in [-0.25, -0.2) is 9.97 Å². The molecule has 0 saturated carbocycles. The molecule has 1 saturated heterocycles. The molecule has 1 aliphatic heterocycles. The zero-order chi connectivity index (χ0) is 15.1. The molecule has 0 spiro atoms. The Labute approximate surface area is 126 Å². The van der Waals surface area contributed by atoms with Crippen LogP contribution in [0.15, 0.2) is 6.07 Å². The molecule has 0 amide bonds. The van der Waals surface area contributed by atoms with E-state index in [0.717, 1.165) is 43.1 Å². The van der Waals surface area contributed by atoms with Crippen LogP contribution in [0.2, 0.25) is 0 Å². The molecule has 0 radical (unpaired) electrons. The van der Waals surface area contributed by atoms with Gasteiger partial charge in [-0.2, -0.15) is 0 Å². The van der Waals surface area contributed by atoms with Crippen LogP contribution in [0.1, 0.15) is 37.7 Å². The standard InChI is InChI=1S/C15H25N3O3/c1-4-7-16-13-10-12(11-19-2)17-14(18-13)15(20-3)5-8-21-9-6-15/h10H,4-9,11H2,1-3H3,(H,16,17,18). The molecule has 0 aromatic carbocycles. The van der Waals surface area contributed by atoms with Crippen molar-refractivity contribution < 1.29 is 14.2 Å². The summed E-state index contributed by atoms with van der Waals surface area (Å²) in [6.45, 7) is 4.81. The Kier molecular flexibility index (Phi) is 5.90. The lowest BCUT2D eigenvalue weighted by atomic mass is 9.93. The summed E-state index contributed by atoms with van der Waals surface area (Å²) in [7, 11) is 3.39. The zero-order valence-corrected chi connectivity index (χ0v) is 13.1. The molecule has 0 aliphatic carbocycles. The van der Waals surface area contributed by atoms with E-state index in [2.05, 4.69) is 22.2 Å². The van der Waals surface area contributed by atoms with Crippen molar-refractivity contribution in [2.24, 2.45) is 0 Å². The van der Waals surface area contributed by atoms with Crippen molar-refractivity contribution in [3.63, 3.8) is 0 Å². The summed E-state index contributed by atoms with van der Waals surface area (Å²) in [5.41, 5.74) is 0.411. The lowest BCUT2D eigenvalue weighted by Crippen LogP contribution is -2.37. The molecule has 2 heterocycles. The summed E-state index contributed by atoms with van der Waals surface area (Å²) in [6.07, 6.45) is 2.59. The Morgan fingerprint density at radius 3 is 2.67 bits per heavy atom. The largest absolute Gasteiger partial charge is 0.381 e. The molecule has 1 aliphatic rings. The fourth-order valence-electron chi connectivity index (χ4n) is 2.49. The van der Waals surface area contributed by atoms with Gasteiger partial charge in [-0.1, -0.05) is 6.92 Å². The maximum Gasteiger partial charge on any atom is 0.163 e. The number of rotatable bonds is 7. The van der Waals surface area contributed by atoms with Crippen molar-refractivity contribution >= 4 is 5.82 Å². The predicted octanol–water partition coefficient (Wildman–Crippen LogP) is 2.10. The van der Waals surface area contributed by atoms with Gasteiger partial charge in [-0.3, -0.25) is 0 Å². The first kappa shape index (κ1) is 16.1. The summed E-state index contributed by atoms with van der Waals surface area (Å²) >= 11 is 0. The third-order valence-electron chi connectivity index (χ3n) is 3.73. The van der Waals surface area contributed by atoms with Crippen molar-refractivity contribution in [2.75, 3.05) is 39.3 Å². The fourth-order valence-corrected chi connectivity index (χ4v) is 2.49. The van der Waals surface area contributed by atoms with E-state index >= 15 is 0 Å². The molecule has 1 N–H and O–H groups in total. The maximum atomic E-state index is 5.78. The molecule has 0 unspecified atom stereocenters. The van der Waals surface area contributed by atoms with Crippen molar-refractivity contribution in [1.82, 2.24) is 9.97 Å². The van der Waals surface area contributed by atoms with Gasteiger partial charge < -0.3 is 19.5 Å². The van der Waals surface area contributed by atoms with Gasteiger partial charge in [0, 0.05) is 52.9 Å². The van der Waals surface area contributed by atoms with Gasteiger partial charge in [0.25, 0.3) is 0 Å². The Bertz CT molecular complexity index is 448. The number of ether oxygens (including phenoxy) is 3. The third-order valence-corrected chi connectivity index (χ3v) is 3.73. The van der Waals surface area contributed by atoms with E-state index in [9.17, 15) is 0 Å². The molecule has 0 atom stereocenters. The number of nitrogens with one attached hydrogen (secondary N) is 1. The highest BCUT2D eigenvalue weighted by molar-refractivity contribution is 5.37. The van der Waals surface area contributed by atoms with Crippen LogP contribution in [0.5, 0.6) is 0 Å². The van der Waals surface area contributed by atoms with Crippen molar-refractivity contribution in [3.05, 3.63) is 17.6 Å². The Morgan fingerprint density at radius 1 is 1.29 bits per heavy atom. The first-order chi connectivity index (χ1) is 10.2. The number of hydrogen-bond acceptors (Lipinski definition) is 6. The summed E-state index contributed by atoms with van der Waals surface area (Å²) in [5, 5.41) is 3.32. The number of methoxy groups -OCH3 is 2. The van der Waals surface area contributed by atoms with Gasteiger partial charge in [-0.05, 0) is 6.42 Å². The summed E-state index contributed by atoms with van der Waals surface area (Å²) in [5.74, 6) is 1.55. The van der Waals surface area contributed by atoms with Crippen molar-refractivity contribution in [1.29, 1.82) is 0 Å². The molecule has 21 heavy (non-hydrogen) atoms. The fraction of sp³-hybridized carbons (Fsp3) is 0.733. The minimum atomic E-state index is -0.454. The smallest absolute Gasteiger partial charge is 0.163 e. The highest BCUT2D eigenvalue weighted by Crippen LogP contribution is 2.34. The zero-order valence-electron chi connectivity index (χ0n) is 13.1. The lowest BCUT2D eigenvalue weighted by molar-refractivity contribution is -0.100. The number of aromatic nitrogens is 2. The maximum absolute atomic E-state index is 5.78. The first-order valence-corrected chi connectivity index (χ1v) is 7.48. The average molecular weight is 295 g/mol. The van der Waals surface area contributed by atoms with E-state index in [4.69, 9.17) is 14.2 Å². The van der Waals surface area contributed by atoms with E-state index in [1.165, 1.54) is 0 Å². The van der Waals surface area contributed by atoms with E-state index in [1.807, 2.05) is 6.07 Å². The van der Waals surface area contributed by atoms with Crippen LogP contribution in [-0.4, -0.2) is 43.9 Å². The first-order valence-electron chi connectivity index (χ1n) is 7.48. The Balaban J connectivity index is 2.32. The normalized spacial score (nSPS) is 17.7. The SMILES string of the molecule is CCCNc1cc(COC)nc(C2(OC)CCOCC2)n1. The van der Waals surface area contributed by atoms with Crippen molar-refractivity contribution in [2.45, 2.75) is 38.4 Å². The van der Waals surface area contributed by atoms with Crippen LogP contribution < -0.4 is 5.32 Å².